The zero-order valence-corrected chi connectivity index (χ0v) is 11.1. The number of nitrogen functional groups attached to an aromatic ring is 1. The summed E-state index contributed by atoms with van der Waals surface area (Å²) >= 11 is 0. The molecular weight excluding hydrogens is 269 g/mol. The van der Waals surface area contributed by atoms with Crippen molar-refractivity contribution in [1.29, 1.82) is 0 Å². The lowest BCUT2D eigenvalue weighted by Gasteiger charge is -2.13. The summed E-state index contributed by atoms with van der Waals surface area (Å²) in [6, 6.07) is 3.21. The van der Waals surface area contributed by atoms with Crippen molar-refractivity contribution in [2.45, 2.75) is 26.6 Å². The Balaban J connectivity index is 2.50. The number of hydrogen-bond donors (Lipinski definition) is 1. The van der Waals surface area contributed by atoms with Gasteiger partial charge in [0.25, 0.3) is 0 Å². The highest BCUT2D eigenvalue weighted by atomic mass is 19.4. The van der Waals surface area contributed by atoms with E-state index >= 15 is 0 Å². The van der Waals surface area contributed by atoms with Gasteiger partial charge in [-0.1, -0.05) is 13.8 Å². The van der Waals surface area contributed by atoms with Crippen LogP contribution in [-0.4, -0.2) is 14.8 Å². The molecule has 1 aromatic heterocycles. The third kappa shape index (κ3) is 2.92. The highest BCUT2D eigenvalue weighted by molar-refractivity contribution is 5.72. The number of hydrogen-bond acceptors (Lipinski definition) is 3. The van der Waals surface area contributed by atoms with Crippen LogP contribution in [0.5, 0.6) is 0 Å². The molecule has 2 rings (SSSR count). The van der Waals surface area contributed by atoms with Gasteiger partial charge in [-0.05, 0) is 24.1 Å². The van der Waals surface area contributed by atoms with Crippen LogP contribution >= 0.6 is 0 Å². The van der Waals surface area contributed by atoms with Crippen molar-refractivity contribution < 1.29 is 13.2 Å². The van der Waals surface area contributed by atoms with E-state index in [1.807, 2.05) is 13.8 Å². The Morgan fingerprint density at radius 3 is 2.60 bits per heavy atom. The van der Waals surface area contributed by atoms with E-state index in [4.69, 9.17) is 5.73 Å². The van der Waals surface area contributed by atoms with Crippen molar-refractivity contribution in [3.63, 3.8) is 0 Å². The predicted molar refractivity (Wildman–Crippen MR) is 69.7 cm³/mol. The summed E-state index contributed by atoms with van der Waals surface area (Å²) < 4.78 is 40.0. The maximum absolute atomic E-state index is 12.8. The molecule has 108 valence electrons. The van der Waals surface area contributed by atoms with Crippen molar-refractivity contribution in [2.24, 2.45) is 5.92 Å². The fraction of sp³-hybridized carbons (Fsp3) is 0.385. The summed E-state index contributed by atoms with van der Waals surface area (Å²) in [7, 11) is 0. The summed E-state index contributed by atoms with van der Waals surface area (Å²) in [5, 5.41) is 7.65. The molecule has 1 aromatic carbocycles. The van der Waals surface area contributed by atoms with E-state index in [0.29, 0.717) is 18.3 Å². The third-order valence-electron chi connectivity index (χ3n) is 2.80. The van der Waals surface area contributed by atoms with Gasteiger partial charge in [-0.25, -0.2) is 0 Å². The van der Waals surface area contributed by atoms with E-state index < -0.39 is 11.7 Å². The molecule has 0 fully saturated rings. The molecule has 0 aliphatic heterocycles. The van der Waals surface area contributed by atoms with Gasteiger partial charge >= 0.3 is 6.18 Å². The maximum Gasteiger partial charge on any atom is 0.416 e. The SMILES string of the molecule is CC(C)Cn1cnnc1-c1cc(C(F)(F)F)ccc1N. The molecule has 4 nitrogen and oxygen atoms in total. The van der Waals surface area contributed by atoms with Crippen LogP contribution < -0.4 is 5.73 Å². The van der Waals surface area contributed by atoms with Crippen LogP contribution in [0.1, 0.15) is 19.4 Å². The molecule has 7 heteroatoms. The van der Waals surface area contributed by atoms with Gasteiger partial charge in [0.2, 0.25) is 0 Å². The first-order valence-corrected chi connectivity index (χ1v) is 6.14. The molecule has 0 spiro atoms. The smallest absolute Gasteiger partial charge is 0.398 e. The number of halogens is 3. The predicted octanol–water partition coefficient (Wildman–Crippen LogP) is 3.20. The lowest BCUT2D eigenvalue weighted by molar-refractivity contribution is -0.137. The second kappa shape index (κ2) is 5.15. The zero-order chi connectivity index (χ0) is 14.9. The molecule has 0 aliphatic rings. The second-order valence-electron chi connectivity index (χ2n) is 5.00. The van der Waals surface area contributed by atoms with E-state index in [2.05, 4.69) is 10.2 Å². The summed E-state index contributed by atoms with van der Waals surface area (Å²) in [4.78, 5) is 0. The Kier molecular flexibility index (Phi) is 3.69. The molecule has 0 unspecified atom stereocenters. The quantitative estimate of drug-likeness (QED) is 0.880. The van der Waals surface area contributed by atoms with Crippen LogP contribution in [0.2, 0.25) is 0 Å². The van der Waals surface area contributed by atoms with E-state index in [-0.39, 0.29) is 11.3 Å². The number of anilines is 1. The van der Waals surface area contributed by atoms with Gasteiger partial charge in [-0.2, -0.15) is 13.2 Å². The Hall–Kier alpha value is -2.05. The highest BCUT2D eigenvalue weighted by Gasteiger charge is 2.31. The van der Waals surface area contributed by atoms with Crippen LogP contribution in [-0.2, 0) is 12.7 Å². The van der Waals surface area contributed by atoms with Crippen LogP contribution in [0, 0.1) is 5.92 Å². The van der Waals surface area contributed by atoms with Crippen molar-refractivity contribution in [1.82, 2.24) is 14.8 Å². The Bertz CT molecular complexity index is 602. The molecular formula is C13H15F3N4. The van der Waals surface area contributed by atoms with E-state index in [1.54, 1.807) is 4.57 Å². The first kappa shape index (κ1) is 14.4. The van der Waals surface area contributed by atoms with Gasteiger partial charge < -0.3 is 10.3 Å². The van der Waals surface area contributed by atoms with Crippen molar-refractivity contribution in [3.8, 4) is 11.4 Å². The third-order valence-corrected chi connectivity index (χ3v) is 2.80. The monoisotopic (exact) mass is 284 g/mol. The molecule has 0 atom stereocenters. The van der Waals surface area contributed by atoms with Gasteiger partial charge in [-0.15, -0.1) is 10.2 Å². The lowest BCUT2D eigenvalue weighted by Crippen LogP contribution is -2.09. The summed E-state index contributed by atoms with van der Waals surface area (Å²) in [5.74, 6) is 0.666. The van der Waals surface area contributed by atoms with Gasteiger partial charge in [0.15, 0.2) is 5.82 Å². The Labute approximate surface area is 114 Å². The number of nitrogens with two attached hydrogens (primary N) is 1. The molecule has 20 heavy (non-hydrogen) atoms. The van der Waals surface area contributed by atoms with Gasteiger partial charge in [0.1, 0.15) is 6.33 Å². The fourth-order valence-electron chi connectivity index (χ4n) is 1.92. The number of rotatable bonds is 3. The van der Waals surface area contributed by atoms with Crippen molar-refractivity contribution in [3.05, 3.63) is 30.1 Å². The summed E-state index contributed by atoms with van der Waals surface area (Å²) in [6.07, 6.45) is -2.92. The van der Waals surface area contributed by atoms with Crippen molar-refractivity contribution in [2.75, 3.05) is 5.73 Å². The minimum atomic E-state index is -4.41. The van der Waals surface area contributed by atoms with Crippen LogP contribution in [0.4, 0.5) is 18.9 Å². The normalized spacial score (nSPS) is 12.1. The summed E-state index contributed by atoms with van der Waals surface area (Å²) in [6.45, 7) is 4.61. The van der Waals surface area contributed by atoms with Crippen molar-refractivity contribution >= 4 is 5.69 Å². The minimum absolute atomic E-state index is 0.246. The van der Waals surface area contributed by atoms with E-state index in [0.717, 1.165) is 12.1 Å². The zero-order valence-electron chi connectivity index (χ0n) is 11.1. The molecule has 1 heterocycles. The van der Waals surface area contributed by atoms with Crippen LogP contribution in [0.3, 0.4) is 0 Å². The largest absolute Gasteiger partial charge is 0.416 e. The number of alkyl halides is 3. The average molecular weight is 284 g/mol. The lowest BCUT2D eigenvalue weighted by atomic mass is 10.1. The van der Waals surface area contributed by atoms with Crippen LogP contribution in [0.25, 0.3) is 11.4 Å². The van der Waals surface area contributed by atoms with E-state index in [9.17, 15) is 13.2 Å². The molecule has 0 saturated heterocycles. The van der Waals surface area contributed by atoms with Crippen LogP contribution in [0.15, 0.2) is 24.5 Å². The number of aromatic nitrogens is 3. The van der Waals surface area contributed by atoms with E-state index in [1.165, 1.54) is 12.4 Å². The molecule has 2 aromatic rings. The minimum Gasteiger partial charge on any atom is -0.398 e. The molecule has 2 N–H and O–H groups in total. The molecule has 0 radical (unpaired) electrons. The number of nitrogens with zero attached hydrogens (tertiary/aromatic N) is 3. The standard InChI is InChI=1S/C13H15F3N4/c1-8(2)6-20-7-18-19-12(20)10-5-9(13(14,15)16)3-4-11(10)17/h3-5,7-8H,6,17H2,1-2H3. The summed E-state index contributed by atoms with van der Waals surface area (Å²) in [5.41, 5.74) is 5.52. The molecule has 0 saturated carbocycles. The van der Waals surface area contributed by atoms with Gasteiger partial charge in [0.05, 0.1) is 5.56 Å². The molecule has 0 aliphatic carbocycles. The molecule has 0 bridgehead atoms. The maximum atomic E-state index is 12.8. The highest BCUT2D eigenvalue weighted by Crippen LogP contribution is 2.34. The first-order chi connectivity index (χ1) is 9.29. The Morgan fingerprint density at radius 2 is 2.00 bits per heavy atom. The second-order valence-corrected chi connectivity index (χ2v) is 5.00. The topological polar surface area (TPSA) is 56.7 Å². The Morgan fingerprint density at radius 1 is 1.30 bits per heavy atom. The number of benzene rings is 1. The first-order valence-electron chi connectivity index (χ1n) is 6.14. The molecule has 0 amide bonds. The van der Waals surface area contributed by atoms with Gasteiger partial charge in [0, 0.05) is 17.8 Å². The van der Waals surface area contributed by atoms with Gasteiger partial charge in [-0.3, -0.25) is 0 Å². The fourth-order valence-corrected chi connectivity index (χ4v) is 1.92. The average Bonchev–Trinajstić information content (AvgIpc) is 2.75.